The maximum absolute atomic E-state index is 8.69. The van der Waals surface area contributed by atoms with Crippen molar-refractivity contribution < 1.29 is 0 Å². The summed E-state index contributed by atoms with van der Waals surface area (Å²) in [6, 6.07) is 3.90. The van der Waals surface area contributed by atoms with Crippen LogP contribution in [0.1, 0.15) is 31.1 Å². The smallest absolute Gasteiger partial charge is 0.129 e. The first-order valence-electron chi connectivity index (χ1n) is 4.81. The van der Waals surface area contributed by atoms with Gasteiger partial charge in [0.2, 0.25) is 0 Å². The number of rotatable bonds is 5. The van der Waals surface area contributed by atoms with Gasteiger partial charge in [0.15, 0.2) is 0 Å². The third-order valence-electron chi connectivity index (χ3n) is 1.94. The van der Waals surface area contributed by atoms with Gasteiger partial charge in [0, 0.05) is 6.54 Å². The van der Waals surface area contributed by atoms with Crippen LogP contribution < -0.4 is 11.1 Å². The van der Waals surface area contributed by atoms with E-state index in [0.717, 1.165) is 18.0 Å². The first-order chi connectivity index (χ1) is 6.77. The van der Waals surface area contributed by atoms with Crippen LogP contribution in [-0.2, 0) is 0 Å². The molecule has 0 saturated heterocycles. The molecule has 0 aromatic carbocycles. The van der Waals surface area contributed by atoms with E-state index in [1.807, 2.05) is 6.07 Å². The zero-order valence-corrected chi connectivity index (χ0v) is 9.16. The second-order valence-electron chi connectivity index (χ2n) is 3.14. The molecule has 0 fully saturated rings. The number of nitrogens with one attached hydrogen (secondary N) is 1. The van der Waals surface area contributed by atoms with Crippen LogP contribution in [0.15, 0.2) is 6.07 Å². The van der Waals surface area contributed by atoms with Gasteiger partial charge in [-0.1, -0.05) is 19.8 Å². The molecule has 1 aromatic heterocycles. The largest absolute Gasteiger partial charge is 0.397 e. The first kappa shape index (κ1) is 10.9. The second-order valence-corrected chi connectivity index (χ2v) is 4.19. The average molecular weight is 209 g/mol. The van der Waals surface area contributed by atoms with Crippen molar-refractivity contribution in [2.45, 2.75) is 26.2 Å². The summed E-state index contributed by atoms with van der Waals surface area (Å²) in [5.41, 5.74) is 6.21. The van der Waals surface area contributed by atoms with Gasteiger partial charge in [-0.2, -0.15) is 5.26 Å². The van der Waals surface area contributed by atoms with E-state index in [2.05, 4.69) is 18.3 Å². The van der Waals surface area contributed by atoms with E-state index in [9.17, 15) is 0 Å². The number of nitrogen functional groups attached to an aromatic ring is 1. The van der Waals surface area contributed by atoms with Gasteiger partial charge in [-0.3, -0.25) is 0 Å². The van der Waals surface area contributed by atoms with Crippen LogP contribution in [0.2, 0.25) is 0 Å². The molecule has 0 saturated carbocycles. The fourth-order valence-corrected chi connectivity index (χ4v) is 1.97. The van der Waals surface area contributed by atoms with Crippen molar-refractivity contribution in [3.8, 4) is 6.07 Å². The molecule has 1 heterocycles. The van der Waals surface area contributed by atoms with Gasteiger partial charge in [-0.25, -0.2) is 0 Å². The van der Waals surface area contributed by atoms with Crippen molar-refractivity contribution in [1.29, 1.82) is 5.26 Å². The summed E-state index contributed by atoms with van der Waals surface area (Å²) in [6.07, 6.45) is 3.62. The van der Waals surface area contributed by atoms with E-state index in [1.165, 1.54) is 24.2 Å². The molecule has 14 heavy (non-hydrogen) atoms. The minimum Gasteiger partial charge on any atom is -0.397 e. The predicted molar refractivity (Wildman–Crippen MR) is 61.5 cm³/mol. The maximum atomic E-state index is 8.69. The quantitative estimate of drug-likeness (QED) is 0.733. The van der Waals surface area contributed by atoms with Crippen LogP contribution in [0.3, 0.4) is 0 Å². The van der Waals surface area contributed by atoms with E-state index in [4.69, 9.17) is 11.0 Å². The molecule has 0 bridgehead atoms. The van der Waals surface area contributed by atoms with Crippen LogP contribution in [-0.4, -0.2) is 6.54 Å². The van der Waals surface area contributed by atoms with Crippen molar-refractivity contribution in [3.63, 3.8) is 0 Å². The van der Waals surface area contributed by atoms with Crippen molar-refractivity contribution in [2.75, 3.05) is 17.6 Å². The van der Waals surface area contributed by atoms with Gasteiger partial charge >= 0.3 is 0 Å². The summed E-state index contributed by atoms with van der Waals surface area (Å²) in [5.74, 6) is 0. The zero-order valence-electron chi connectivity index (χ0n) is 8.34. The van der Waals surface area contributed by atoms with Crippen molar-refractivity contribution in [1.82, 2.24) is 0 Å². The molecule has 0 radical (unpaired) electrons. The molecule has 1 rings (SSSR count). The van der Waals surface area contributed by atoms with E-state index < -0.39 is 0 Å². The van der Waals surface area contributed by atoms with Crippen LogP contribution in [0.4, 0.5) is 10.7 Å². The average Bonchev–Trinajstić information content (AvgIpc) is 2.54. The van der Waals surface area contributed by atoms with Crippen LogP contribution in [0.25, 0.3) is 0 Å². The summed E-state index contributed by atoms with van der Waals surface area (Å²) < 4.78 is 0. The molecule has 4 heteroatoms. The number of unbranched alkanes of at least 4 members (excludes halogenated alkanes) is 2. The number of hydrogen-bond donors (Lipinski definition) is 2. The Morgan fingerprint density at radius 3 is 2.93 bits per heavy atom. The normalized spacial score (nSPS) is 9.71. The highest BCUT2D eigenvalue weighted by Gasteiger charge is 2.04. The van der Waals surface area contributed by atoms with Crippen LogP contribution in [0.5, 0.6) is 0 Å². The Hall–Kier alpha value is -1.21. The Balaban J connectivity index is 2.40. The second kappa shape index (κ2) is 5.51. The third-order valence-corrected chi connectivity index (χ3v) is 2.96. The molecule has 0 aliphatic rings. The number of anilines is 2. The number of thiophene rings is 1. The molecule has 0 spiro atoms. The molecule has 0 atom stereocenters. The Morgan fingerprint density at radius 1 is 1.57 bits per heavy atom. The lowest BCUT2D eigenvalue weighted by Gasteiger charge is -2.00. The van der Waals surface area contributed by atoms with E-state index in [0.29, 0.717) is 10.6 Å². The van der Waals surface area contributed by atoms with Gasteiger partial charge in [0.25, 0.3) is 0 Å². The zero-order chi connectivity index (χ0) is 10.4. The first-order valence-corrected chi connectivity index (χ1v) is 5.63. The molecule has 0 amide bonds. The number of nitriles is 1. The van der Waals surface area contributed by atoms with E-state index >= 15 is 0 Å². The number of nitrogens with two attached hydrogens (primary N) is 1. The molecular weight excluding hydrogens is 194 g/mol. The Labute approximate surface area is 88.5 Å². The molecule has 76 valence electrons. The topological polar surface area (TPSA) is 61.8 Å². The fraction of sp³-hybridized carbons (Fsp3) is 0.500. The monoisotopic (exact) mass is 209 g/mol. The molecular formula is C10H15N3S. The lowest BCUT2D eigenvalue weighted by atomic mass is 10.2. The fourth-order valence-electron chi connectivity index (χ4n) is 1.17. The summed E-state index contributed by atoms with van der Waals surface area (Å²) >= 11 is 1.42. The van der Waals surface area contributed by atoms with Gasteiger partial charge in [0.1, 0.15) is 10.9 Å². The highest BCUT2D eigenvalue weighted by atomic mass is 32.1. The number of nitrogens with zero attached hydrogens (tertiary/aromatic N) is 1. The molecule has 0 aliphatic carbocycles. The molecule has 0 unspecified atom stereocenters. The highest BCUT2D eigenvalue weighted by molar-refractivity contribution is 7.17. The molecule has 1 aromatic rings. The van der Waals surface area contributed by atoms with Crippen LogP contribution in [0, 0.1) is 11.3 Å². The lowest BCUT2D eigenvalue weighted by Crippen LogP contribution is -1.98. The predicted octanol–water partition coefficient (Wildman–Crippen LogP) is 2.80. The Morgan fingerprint density at radius 2 is 2.36 bits per heavy atom. The van der Waals surface area contributed by atoms with E-state index in [1.54, 1.807) is 0 Å². The summed E-state index contributed by atoms with van der Waals surface area (Å²) in [4.78, 5) is 0.600. The minimum absolute atomic E-state index is 0.579. The highest BCUT2D eigenvalue weighted by Crippen LogP contribution is 2.28. The molecule has 3 nitrogen and oxygen atoms in total. The summed E-state index contributed by atoms with van der Waals surface area (Å²) in [5, 5.41) is 13.0. The number of hydrogen-bond acceptors (Lipinski definition) is 4. The Kier molecular flexibility index (Phi) is 4.27. The van der Waals surface area contributed by atoms with Crippen molar-refractivity contribution in [2.24, 2.45) is 0 Å². The minimum atomic E-state index is 0.579. The summed E-state index contributed by atoms with van der Waals surface area (Å²) in [6.45, 7) is 3.13. The summed E-state index contributed by atoms with van der Waals surface area (Å²) in [7, 11) is 0. The van der Waals surface area contributed by atoms with Gasteiger partial charge in [-0.15, -0.1) is 11.3 Å². The standard InChI is InChI=1S/C10H15N3S/c1-2-3-4-5-13-10-6-8(12)9(7-11)14-10/h6,13H,2-5,12H2,1H3. The SMILES string of the molecule is CCCCCNc1cc(N)c(C#N)s1. The van der Waals surface area contributed by atoms with Crippen molar-refractivity contribution in [3.05, 3.63) is 10.9 Å². The Bertz CT molecular complexity index is 325. The third kappa shape index (κ3) is 2.93. The maximum Gasteiger partial charge on any atom is 0.129 e. The molecule has 3 N–H and O–H groups in total. The van der Waals surface area contributed by atoms with Crippen molar-refractivity contribution >= 4 is 22.0 Å². The van der Waals surface area contributed by atoms with Gasteiger partial charge in [-0.05, 0) is 12.5 Å². The molecule has 0 aliphatic heterocycles. The van der Waals surface area contributed by atoms with Gasteiger partial charge in [0.05, 0.1) is 10.7 Å². The van der Waals surface area contributed by atoms with E-state index in [-0.39, 0.29) is 0 Å². The lowest BCUT2D eigenvalue weighted by molar-refractivity contribution is 0.744. The van der Waals surface area contributed by atoms with Crippen LogP contribution >= 0.6 is 11.3 Å². The van der Waals surface area contributed by atoms with Gasteiger partial charge < -0.3 is 11.1 Å².